The Bertz CT molecular complexity index is 748. The Morgan fingerprint density at radius 2 is 2.05 bits per heavy atom. The van der Waals surface area contributed by atoms with Gasteiger partial charge in [0.2, 0.25) is 0 Å². The van der Waals surface area contributed by atoms with Gasteiger partial charge < -0.3 is 5.73 Å². The third-order valence-corrected chi connectivity index (χ3v) is 3.54. The fourth-order valence-corrected chi connectivity index (χ4v) is 2.32. The predicted octanol–water partition coefficient (Wildman–Crippen LogP) is 0.163. The molecule has 2 aromatic rings. The molecule has 0 amide bonds. The maximum Gasteiger partial charge on any atom is 0.292 e. The second-order valence-electron chi connectivity index (χ2n) is 3.55. The van der Waals surface area contributed by atoms with Crippen molar-refractivity contribution in [2.75, 3.05) is 10.5 Å². The number of anilines is 2. The van der Waals surface area contributed by atoms with Gasteiger partial charge >= 0.3 is 0 Å². The van der Waals surface area contributed by atoms with E-state index in [0.717, 1.165) is 18.2 Å². The first-order valence-electron chi connectivity index (χ1n) is 5.10. The first kappa shape index (κ1) is 13.6. The Morgan fingerprint density at radius 3 is 2.60 bits per heavy atom. The molecule has 0 saturated carbocycles. The van der Waals surface area contributed by atoms with E-state index in [-0.39, 0.29) is 22.2 Å². The molecule has 3 N–H and O–H groups in total. The van der Waals surface area contributed by atoms with Crippen LogP contribution in [0.5, 0.6) is 0 Å². The average Bonchev–Trinajstić information content (AvgIpc) is 2.38. The maximum atomic E-state index is 12.0. The number of nitrogens with one attached hydrogen (secondary N) is 1. The Kier molecular flexibility index (Phi) is 3.43. The lowest BCUT2D eigenvalue weighted by atomic mass is 10.3. The molecule has 0 unspecified atom stereocenters. The number of nitrogen functional groups attached to an aromatic ring is 1. The minimum absolute atomic E-state index is 0.218. The Balaban J connectivity index is 2.35. The van der Waals surface area contributed by atoms with Gasteiger partial charge in [0.05, 0.1) is 22.2 Å². The summed E-state index contributed by atoms with van der Waals surface area (Å²) >= 11 is 0. The summed E-state index contributed by atoms with van der Waals surface area (Å²) in [6, 6.07) is 3.05. The van der Waals surface area contributed by atoms with Crippen molar-refractivity contribution >= 4 is 27.3 Å². The fraction of sp³-hybridized carbons (Fsp3) is 0. The number of rotatable bonds is 4. The van der Waals surface area contributed by atoms with E-state index >= 15 is 0 Å². The van der Waals surface area contributed by atoms with E-state index in [1.54, 1.807) is 0 Å². The molecule has 0 fully saturated rings. The average molecular weight is 296 g/mol. The van der Waals surface area contributed by atoms with Gasteiger partial charge in [0, 0.05) is 6.07 Å². The number of hydrogen-bond acceptors (Lipinski definition) is 8. The molecule has 1 aromatic heterocycles. The van der Waals surface area contributed by atoms with Crippen molar-refractivity contribution in [2.45, 2.75) is 4.90 Å². The molecule has 20 heavy (non-hydrogen) atoms. The smallest absolute Gasteiger partial charge is 0.292 e. The van der Waals surface area contributed by atoms with Crippen molar-refractivity contribution < 1.29 is 13.3 Å². The lowest BCUT2D eigenvalue weighted by molar-refractivity contribution is -0.383. The number of benzene rings is 1. The van der Waals surface area contributed by atoms with Crippen LogP contribution in [0.15, 0.2) is 35.5 Å². The molecule has 0 spiro atoms. The van der Waals surface area contributed by atoms with Crippen LogP contribution < -0.4 is 10.5 Å². The third-order valence-electron chi connectivity index (χ3n) is 2.21. The van der Waals surface area contributed by atoms with Crippen LogP contribution in [0.25, 0.3) is 0 Å². The number of sulfonamides is 1. The van der Waals surface area contributed by atoms with Crippen LogP contribution in [0.3, 0.4) is 0 Å². The zero-order valence-electron chi connectivity index (χ0n) is 9.79. The van der Waals surface area contributed by atoms with Crippen molar-refractivity contribution in [3.8, 4) is 0 Å². The molecule has 0 bridgehead atoms. The molecule has 0 radical (unpaired) electrons. The molecule has 1 aromatic carbocycles. The second-order valence-corrected chi connectivity index (χ2v) is 5.23. The van der Waals surface area contributed by atoms with Crippen LogP contribution in [0, 0.1) is 10.1 Å². The molecule has 0 aliphatic heterocycles. The number of aromatic nitrogens is 3. The third kappa shape index (κ3) is 2.77. The first-order valence-corrected chi connectivity index (χ1v) is 6.59. The summed E-state index contributed by atoms with van der Waals surface area (Å²) in [6.45, 7) is 0. The van der Waals surface area contributed by atoms with E-state index in [4.69, 9.17) is 5.73 Å². The highest BCUT2D eigenvalue weighted by molar-refractivity contribution is 7.92. The highest BCUT2D eigenvalue weighted by atomic mass is 32.2. The highest BCUT2D eigenvalue weighted by Crippen LogP contribution is 2.25. The minimum atomic E-state index is -4.00. The Labute approximate surface area is 112 Å². The van der Waals surface area contributed by atoms with Gasteiger partial charge in [-0.1, -0.05) is 0 Å². The van der Waals surface area contributed by atoms with Crippen LogP contribution in [0.4, 0.5) is 17.3 Å². The Morgan fingerprint density at radius 1 is 1.30 bits per heavy atom. The van der Waals surface area contributed by atoms with Crippen LogP contribution in [0.2, 0.25) is 0 Å². The second kappa shape index (κ2) is 5.05. The highest BCUT2D eigenvalue weighted by Gasteiger charge is 2.20. The van der Waals surface area contributed by atoms with E-state index in [9.17, 15) is 18.5 Å². The van der Waals surface area contributed by atoms with Crippen LogP contribution in [0.1, 0.15) is 0 Å². The first-order chi connectivity index (χ1) is 9.40. The summed E-state index contributed by atoms with van der Waals surface area (Å²) < 4.78 is 26.1. The van der Waals surface area contributed by atoms with E-state index in [1.807, 2.05) is 0 Å². The van der Waals surface area contributed by atoms with Crippen molar-refractivity contribution in [2.24, 2.45) is 0 Å². The molecule has 11 heteroatoms. The maximum absolute atomic E-state index is 12.0. The topological polar surface area (TPSA) is 154 Å². The van der Waals surface area contributed by atoms with Gasteiger partial charge in [0.1, 0.15) is 5.69 Å². The molecule has 0 atom stereocenters. The van der Waals surface area contributed by atoms with Gasteiger partial charge in [-0.3, -0.25) is 10.1 Å². The van der Waals surface area contributed by atoms with Gasteiger partial charge in [-0.15, -0.1) is 5.10 Å². The normalized spacial score (nSPS) is 11.0. The Hall–Kier alpha value is -2.82. The standard InChI is InChI=1S/C9H8N6O4S/c10-7-5-6(1-2-8(7)15(16)17)20(18,19)14-9-11-3-4-12-13-9/h1-5H,10H2,(H,11,13,14). The molecule has 0 aliphatic rings. The molecule has 1 heterocycles. The van der Waals surface area contributed by atoms with Crippen LogP contribution >= 0.6 is 0 Å². The molecular formula is C9H8N6O4S. The summed E-state index contributed by atoms with van der Waals surface area (Å²) in [5, 5.41) is 17.5. The van der Waals surface area contributed by atoms with E-state index < -0.39 is 14.9 Å². The fourth-order valence-electron chi connectivity index (χ4n) is 1.34. The number of nitrogens with two attached hydrogens (primary N) is 1. The number of nitro benzene ring substituents is 1. The predicted molar refractivity (Wildman–Crippen MR) is 68.1 cm³/mol. The summed E-state index contributed by atoms with van der Waals surface area (Å²) in [5.41, 5.74) is 4.80. The summed E-state index contributed by atoms with van der Waals surface area (Å²) in [7, 11) is -4.00. The molecule has 0 saturated heterocycles. The van der Waals surface area contributed by atoms with Gasteiger partial charge in [0.25, 0.3) is 21.7 Å². The molecular weight excluding hydrogens is 288 g/mol. The largest absolute Gasteiger partial charge is 0.393 e. The zero-order chi connectivity index (χ0) is 14.8. The molecule has 0 aliphatic carbocycles. The summed E-state index contributed by atoms with van der Waals surface area (Å²) in [4.78, 5) is 13.3. The zero-order valence-corrected chi connectivity index (χ0v) is 10.6. The number of hydrogen-bond donors (Lipinski definition) is 2. The van der Waals surface area contributed by atoms with Crippen LogP contribution in [-0.4, -0.2) is 28.5 Å². The van der Waals surface area contributed by atoms with Crippen molar-refractivity contribution in [1.82, 2.24) is 15.2 Å². The lowest BCUT2D eigenvalue weighted by Crippen LogP contribution is -2.15. The van der Waals surface area contributed by atoms with E-state index in [0.29, 0.717) is 0 Å². The summed E-state index contributed by atoms with van der Waals surface area (Å²) in [6.07, 6.45) is 2.54. The van der Waals surface area contributed by atoms with E-state index in [1.165, 1.54) is 12.4 Å². The van der Waals surface area contributed by atoms with Gasteiger partial charge in [0.15, 0.2) is 0 Å². The molecule has 2 rings (SSSR count). The quantitative estimate of drug-likeness (QED) is 0.459. The SMILES string of the molecule is Nc1cc(S(=O)(=O)Nc2nccnn2)ccc1[N+](=O)[O-]. The number of nitrogens with zero attached hydrogens (tertiary/aromatic N) is 4. The van der Waals surface area contributed by atoms with Gasteiger partial charge in [-0.25, -0.2) is 18.1 Å². The van der Waals surface area contributed by atoms with Gasteiger partial charge in [-0.2, -0.15) is 5.10 Å². The van der Waals surface area contributed by atoms with Gasteiger partial charge in [-0.05, 0) is 12.1 Å². The van der Waals surface area contributed by atoms with Crippen LogP contribution in [-0.2, 0) is 10.0 Å². The molecule has 10 nitrogen and oxygen atoms in total. The number of nitro groups is 1. The lowest BCUT2D eigenvalue weighted by Gasteiger charge is -2.06. The van der Waals surface area contributed by atoms with E-state index in [2.05, 4.69) is 19.9 Å². The van der Waals surface area contributed by atoms with Crippen molar-refractivity contribution in [1.29, 1.82) is 0 Å². The summed E-state index contributed by atoms with van der Waals surface area (Å²) in [5.74, 6) is -0.218. The molecule has 104 valence electrons. The van der Waals surface area contributed by atoms with Crippen molar-refractivity contribution in [3.05, 3.63) is 40.7 Å². The monoisotopic (exact) mass is 296 g/mol. The minimum Gasteiger partial charge on any atom is -0.393 e. The van der Waals surface area contributed by atoms with Crippen molar-refractivity contribution in [3.63, 3.8) is 0 Å².